The number of hydrogen-bond acceptors (Lipinski definition) is 10. The van der Waals surface area contributed by atoms with E-state index in [0.717, 1.165) is 23.0 Å². The molecule has 0 aliphatic carbocycles. The highest BCUT2D eigenvalue weighted by Gasteiger charge is 2.31. The summed E-state index contributed by atoms with van der Waals surface area (Å²) in [6.07, 6.45) is 2.26. The van der Waals surface area contributed by atoms with E-state index in [-0.39, 0.29) is 23.0 Å². The highest BCUT2D eigenvalue weighted by molar-refractivity contribution is 7.83. The highest BCUT2D eigenvalue weighted by Crippen LogP contribution is 2.36. The first-order valence-corrected chi connectivity index (χ1v) is 13.8. The summed E-state index contributed by atoms with van der Waals surface area (Å²) in [6, 6.07) is 6.30. The molecule has 0 radical (unpaired) electrons. The molecule has 37 heavy (non-hydrogen) atoms. The van der Waals surface area contributed by atoms with E-state index in [1.54, 1.807) is 0 Å². The molecule has 0 aliphatic rings. The zero-order valence-corrected chi connectivity index (χ0v) is 21.0. The monoisotopic (exact) mass is 589 g/mol. The predicted molar refractivity (Wildman–Crippen MR) is 126 cm³/mol. The van der Waals surface area contributed by atoms with Gasteiger partial charge in [-0.15, -0.1) is 0 Å². The van der Waals surface area contributed by atoms with Crippen molar-refractivity contribution in [2.75, 3.05) is 5.73 Å². The summed E-state index contributed by atoms with van der Waals surface area (Å²) in [5.74, 6) is -1.59. The van der Waals surface area contributed by atoms with E-state index in [1.807, 2.05) is 0 Å². The van der Waals surface area contributed by atoms with Crippen molar-refractivity contribution in [2.45, 2.75) is 14.9 Å². The number of hydrogen-bond donors (Lipinski definition) is 4. The molecule has 3 unspecified atom stereocenters. The van der Waals surface area contributed by atoms with Gasteiger partial charge in [-0.05, 0) is 30.3 Å². The normalized spacial score (nSPS) is 13.7. The van der Waals surface area contributed by atoms with Gasteiger partial charge in [0.25, 0.3) is 0 Å². The van der Waals surface area contributed by atoms with Gasteiger partial charge in [0.05, 0.1) is 11.4 Å². The molecule has 0 spiro atoms. The second kappa shape index (κ2) is 10.5. The molecule has 0 amide bonds. The number of anilines is 1. The Hall–Kier alpha value is -3.46. The molecule has 0 fully saturated rings. The molecular formula is C18H12FN5O9S4. The van der Waals surface area contributed by atoms with E-state index in [0.29, 0.717) is 5.56 Å². The Balaban J connectivity index is 2.23. The molecule has 0 bridgehead atoms. The van der Waals surface area contributed by atoms with Crippen LogP contribution in [0.5, 0.6) is 0 Å². The third-order valence-electron chi connectivity index (χ3n) is 4.68. The second-order valence-electron chi connectivity index (χ2n) is 6.78. The number of benzene rings is 1. The molecule has 3 heterocycles. The summed E-state index contributed by atoms with van der Waals surface area (Å²) in [4.78, 5) is 9.81. The van der Waals surface area contributed by atoms with Crippen molar-refractivity contribution in [2.24, 2.45) is 0 Å². The fourth-order valence-corrected chi connectivity index (χ4v) is 6.56. The van der Waals surface area contributed by atoms with E-state index in [2.05, 4.69) is 15.0 Å². The summed E-state index contributed by atoms with van der Waals surface area (Å²) < 4.78 is 108. The fourth-order valence-electron chi connectivity index (χ4n) is 3.27. The maximum atomic E-state index is 13.5. The van der Waals surface area contributed by atoms with Crippen molar-refractivity contribution in [3.8, 4) is 28.5 Å². The number of nitrogen functional groups attached to an aromatic ring is 1. The van der Waals surface area contributed by atoms with Crippen LogP contribution in [0.4, 0.5) is 10.3 Å². The topological polar surface area (TPSA) is 229 Å². The van der Waals surface area contributed by atoms with Crippen LogP contribution >= 0.6 is 0 Å². The van der Waals surface area contributed by atoms with Gasteiger partial charge in [-0.2, -0.15) is 8.42 Å². The Bertz CT molecular complexity index is 1800. The summed E-state index contributed by atoms with van der Waals surface area (Å²) in [5.41, 5.74) is 6.06. The van der Waals surface area contributed by atoms with E-state index in [4.69, 9.17) is 10.2 Å². The summed E-state index contributed by atoms with van der Waals surface area (Å²) in [6.45, 7) is 0. The maximum Gasteiger partial charge on any atom is 0.240 e. The van der Waals surface area contributed by atoms with Crippen LogP contribution in [0, 0.1) is 10.3 Å². The number of nitrogens with two attached hydrogens (primary N) is 1. The number of nitrogens with zero attached hydrogens (tertiary/aromatic N) is 4. The van der Waals surface area contributed by atoms with Crippen LogP contribution in [0.2, 0.25) is 0 Å². The van der Waals surface area contributed by atoms with E-state index in [1.165, 1.54) is 24.4 Å². The molecule has 5 N–H and O–H groups in total. The van der Waals surface area contributed by atoms with Crippen LogP contribution in [0.15, 0.2) is 62.2 Å². The molecular weight excluding hydrogens is 577 g/mol. The van der Waals surface area contributed by atoms with E-state index >= 15 is 0 Å². The van der Waals surface area contributed by atoms with Gasteiger partial charge in [0, 0.05) is 11.8 Å². The minimum absolute atomic E-state index is 0.0282. The molecule has 3 aromatic heterocycles. The molecule has 4 aromatic rings. The third kappa shape index (κ3) is 5.05. The van der Waals surface area contributed by atoms with Gasteiger partial charge in [-0.3, -0.25) is 9.12 Å². The molecule has 19 heteroatoms. The van der Waals surface area contributed by atoms with Gasteiger partial charge in [-0.1, -0.05) is 0 Å². The average molecular weight is 590 g/mol. The molecule has 0 saturated heterocycles. The van der Waals surface area contributed by atoms with Gasteiger partial charge < -0.3 is 19.3 Å². The van der Waals surface area contributed by atoms with Crippen LogP contribution in [-0.2, 0) is 43.5 Å². The Morgan fingerprint density at radius 1 is 0.892 bits per heavy atom. The lowest BCUT2D eigenvalue weighted by Crippen LogP contribution is -2.11. The van der Waals surface area contributed by atoms with Crippen LogP contribution in [-0.4, -0.2) is 54.2 Å². The standard InChI is InChI=1S/C18H12FN5O9S4/c19-9-3-1-8(2-4-9)11-12(10-5-6-21-18(20)23-10)24(7-22-11)16-14(35(27)28)13(34(25)26)15(36(29)30)17(33-16)37(31)32/h1-7H,(H,27,28)(H,29,30)(H,31,32)(H2,20,21,23). The number of aromatic nitrogens is 4. The molecule has 14 nitrogen and oxygen atoms in total. The highest BCUT2D eigenvalue weighted by atomic mass is 32.2. The third-order valence-corrected chi connectivity index (χ3v) is 7.88. The number of rotatable bonds is 6. The van der Waals surface area contributed by atoms with Gasteiger partial charge in [0.2, 0.25) is 38.3 Å². The van der Waals surface area contributed by atoms with Crippen molar-refractivity contribution in [3.05, 3.63) is 53.2 Å². The van der Waals surface area contributed by atoms with Crippen molar-refractivity contribution in [1.29, 1.82) is 0 Å². The Labute approximate surface area is 214 Å². The first-order chi connectivity index (χ1) is 17.5. The van der Waals surface area contributed by atoms with E-state index in [9.17, 15) is 39.1 Å². The van der Waals surface area contributed by atoms with Gasteiger partial charge in [0.15, 0.2) is 27.1 Å². The van der Waals surface area contributed by atoms with Crippen LogP contribution in [0.25, 0.3) is 28.5 Å². The Kier molecular flexibility index (Phi) is 7.54. The molecule has 0 aliphatic heterocycles. The summed E-state index contributed by atoms with van der Waals surface area (Å²) >= 11 is -9.61. The summed E-state index contributed by atoms with van der Waals surface area (Å²) in [5, 5.41) is -1.19. The molecule has 1 aromatic carbocycles. The van der Waals surface area contributed by atoms with E-state index < -0.39 is 74.6 Å². The largest absolute Gasteiger partial charge is 0.426 e. The predicted octanol–water partition coefficient (Wildman–Crippen LogP) is 1.46. The molecule has 0 saturated carbocycles. The van der Waals surface area contributed by atoms with Crippen molar-refractivity contribution in [3.63, 3.8) is 0 Å². The average Bonchev–Trinajstić information content (AvgIpc) is 3.27. The van der Waals surface area contributed by atoms with Gasteiger partial charge >= 0.3 is 0 Å². The number of imidazole rings is 1. The lowest BCUT2D eigenvalue weighted by molar-refractivity contribution is 0.376. The van der Waals surface area contributed by atoms with Gasteiger partial charge in [0.1, 0.15) is 27.2 Å². The Morgan fingerprint density at radius 2 is 1.54 bits per heavy atom. The second-order valence-corrected chi connectivity index (χ2v) is 10.3. The SMILES string of the molecule is Nc1nccc(-c2c(-c3ccc(F)cc3)ncn2-c2oc(S(=O)O)c(S(=O)O)c(=S(=O)=O)c2S(=O)O)n1. The zero-order valence-electron chi connectivity index (χ0n) is 17.7. The molecule has 3 atom stereocenters. The lowest BCUT2D eigenvalue weighted by atomic mass is 10.1. The molecule has 194 valence electrons. The smallest absolute Gasteiger partial charge is 0.240 e. The van der Waals surface area contributed by atoms with Gasteiger partial charge in [-0.25, -0.2) is 32.0 Å². The summed E-state index contributed by atoms with van der Waals surface area (Å²) in [7, 11) is -3.47. The van der Waals surface area contributed by atoms with Crippen LogP contribution in [0.1, 0.15) is 0 Å². The molecule has 4 rings (SSSR count). The first-order valence-electron chi connectivity index (χ1n) is 9.39. The fraction of sp³-hybridized carbons (Fsp3) is 0. The zero-order chi connectivity index (χ0) is 27.0. The van der Waals surface area contributed by atoms with Crippen molar-refractivity contribution < 1.29 is 43.5 Å². The maximum absolute atomic E-state index is 13.5. The van der Waals surface area contributed by atoms with Crippen LogP contribution in [0.3, 0.4) is 0 Å². The van der Waals surface area contributed by atoms with Crippen molar-refractivity contribution >= 4 is 49.5 Å². The number of halogens is 1. The lowest BCUT2D eigenvalue weighted by Gasteiger charge is -2.14. The Morgan fingerprint density at radius 3 is 2.08 bits per heavy atom. The van der Waals surface area contributed by atoms with Crippen molar-refractivity contribution in [1.82, 2.24) is 19.5 Å². The minimum Gasteiger partial charge on any atom is -0.426 e. The van der Waals surface area contributed by atoms with Crippen LogP contribution < -0.4 is 5.73 Å². The minimum atomic E-state index is -3.47. The first kappa shape index (κ1) is 26.6. The quantitative estimate of drug-likeness (QED) is 0.185.